The van der Waals surface area contributed by atoms with E-state index in [1.54, 1.807) is 24.3 Å². The van der Waals surface area contributed by atoms with Crippen molar-refractivity contribution in [3.05, 3.63) is 97.8 Å². The third-order valence-electron chi connectivity index (χ3n) is 4.62. The van der Waals surface area contributed by atoms with E-state index in [-0.39, 0.29) is 11.6 Å². The Kier molecular flexibility index (Phi) is 7.25. The molecule has 0 spiro atoms. The summed E-state index contributed by atoms with van der Waals surface area (Å²) >= 11 is 6.96. The van der Waals surface area contributed by atoms with Gasteiger partial charge in [-0.05, 0) is 82.5 Å². The van der Waals surface area contributed by atoms with Crippen molar-refractivity contribution in [1.82, 2.24) is 0 Å². The minimum Gasteiger partial charge on any atom is -0.490 e. The van der Waals surface area contributed by atoms with Crippen molar-refractivity contribution >= 4 is 49.8 Å². The minimum atomic E-state index is -0.612. The summed E-state index contributed by atoms with van der Waals surface area (Å²) in [6, 6.07) is 17.1. The highest BCUT2D eigenvalue weighted by Crippen LogP contribution is 2.38. The predicted molar refractivity (Wildman–Crippen MR) is 131 cm³/mol. The van der Waals surface area contributed by atoms with E-state index in [0.717, 1.165) is 10.0 Å². The molecule has 0 unspecified atom stereocenters. The fraction of sp³-hybridized carbons (Fsp3) is 0.120. The third kappa shape index (κ3) is 5.69. The van der Waals surface area contributed by atoms with Crippen LogP contribution in [0.4, 0.5) is 4.39 Å². The molecule has 0 saturated carbocycles. The van der Waals surface area contributed by atoms with Crippen LogP contribution in [0.2, 0.25) is 0 Å². The van der Waals surface area contributed by atoms with Gasteiger partial charge in [0, 0.05) is 10.0 Å². The number of cyclic esters (lactones) is 1. The van der Waals surface area contributed by atoms with Gasteiger partial charge in [0.1, 0.15) is 12.4 Å². The molecule has 0 atom stereocenters. The maximum Gasteiger partial charge on any atom is 0.363 e. The summed E-state index contributed by atoms with van der Waals surface area (Å²) in [5.41, 5.74) is 2.16. The lowest BCUT2D eigenvalue weighted by Crippen LogP contribution is -2.05. The fourth-order valence-corrected chi connectivity index (χ4v) is 3.96. The zero-order chi connectivity index (χ0) is 23.4. The van der Waals surface area contributed by atoms with Crippen LogP contribution in [0.3, 0.4) is 0 Å². The van der Waals surface area contributed by atoms with E-state index < -0.39 is 11.8 Å². The average Bonchev–Trinajstić information content (AvgIpc) is 3.15. The molecule has 3 aromatic rings. The molecule has 0 saturated heterocycles. The Balaban J connectivity index is 1.61. The molecule has 0 bridgehead atoms. The maximum atomic E-state index is 13.5. The van der Waals surface area contributed by atoms with Crippen LogP contribution < -0.4 is 9.47 Å². The van der Waals surface area contributed by atoms with Crippen LogP contribution in [-0.4, -0.2) is 18.5 Å². The van der Waals surface area contributed by atoms with Crippen molar-refractivity contribution in [1.29, 1.82) is 0 Å². The number of hydrogen-bond donors (Lipinski definition) is 0. The Hall–Kier alpha value is -2.97. The molecular formula is C25H18Br2FNO4. The van der Waals surface area contributed by atoms with Gasteiger partial charge >= 0.3 is 5.97 Å². The van der Waals surface area contributed by atoms with E-state index in [1.165, 1.54) is 18.2 Å². The molecule has 0 amide bonds. The van der Waals surface area contributed by atoms with Crippen molar-refractivity contribution in [2.24, 2.45) is 4.99 Å². The highest BCUT2D eigenvalue weighted by molar-refractivity contribution is 9.10. The maximum absolute atomic E-state index is 13.5. The molecule has 1 heterocycles. The molecule has 0 fully saturated rings. The summed E-state index contributed by atoms with van der Waals surface area (Å²) in [7, 11) is 0. The Bertz CT molecular complexity index is 1260. The van der Waals surface area contributed by atoms with Crippen LogP contribution in [0.1, 0.15) is 23.6 Å². The monoisotopic (exact) mass is 573 g/mol. The fourth-order valence-electron chi connectivity index (χ4n) is 3.12. The lowest BCUT2D eigenvalue weighted by Gasteiger charge is -2.15. The Labute approximate surface area is 207 Å². The summed E-state index contributed by atoms with van der Waals surface area (Å²) in [5, 5.41) is 0. The number of aliphatic imine (C=N–C) groups is 1. The largest absolute Gasteiger partial charge is 0.490 e. The summed E-state index contributed by atoms with van der Waals surface area (Å²) in [6.07, 6.45) is 1.58. The zero-order valence-corrected chi connectivity index (χ0v) is 20.7. The van der Waals surface area contributed by atoms with E-state index in [9.17, 15) is 9.18 Å². The number of carbonyl (C=O) groups is 1. The smallest absolute Gasteiger partial charge is 0.363 e. The van der Waals surface area contributed by atoms with Crippen LogP contribution in [0.15, 0.2) is 80.3 Å². The van der Waals surface area contributed by atoms with E-state index in [0.29, 0.717) is 40.3 Å². The highest BCUT2D eigenvalue weighted by Gasteiger charge is 2.25. The van der Waals surface area contributed by atoms with Gasteiger partial charge in [-0.2, -0.15) is 0 Å². The molecule has 33 heavy (non-hydrogen) atoms. The molecule has 0 radical (unpaired) electrons. The number of nitrogens with zero attached hydrogens (tertiary/aromatic N) is 1. The number of rotatable bonds is 7. The van der Waals surface area contributed by atoms with Crippen molar-refractivity contribution < 1.29 is 23.4 Å². The van der Waals surface area contributed by atoms with Crippen LogP contribution in [-0.2, 0) is 16.1 Å². The minimum absolute atomic E-state index is 0.0595. The molecule has 0 aliphatic carbocycles. The van der Waals surface area contributed by atoms with Crippen LogP contribution in [0, 0.1) is 5.82 Å². The van der Waals surface area contributed by atoms with Gasteiger partial charge in [-0.3, -0.25) is 0 Å². The average molecular weight is 575 g/mol. The molecule has 5 nitrogen and oxygen atoms in total. The van der Waals surface area contributed by atoms with Gasteiger partial charge in [0.05, 0.1) is 11.1 Å². The van der Waals surface area contributed by atoms with Crippen LogP contribution in [0.5, 0.6) is 11.5 Å². The van der Waals surface area contributed by atoms with Gasteiger partial charge < -0.3 is 14.2 Å². The second-order valence-electron chi connectivity index (χ2n) is 7.02. The van der Waals surface area contributed by atoms with E-state index in [1.807, 2.05) is 31.2 Å². The first kappa shape index (κ1) is 23.2. The molecule has 4 rings (SSSR count). The second kappa shape index (κ2) is 10.3. The summed E-state index contributed by atoms with van der Waals surface area (Å²) in [4.78, 5) is 16.6. The Morgan fingerprint density at radius 1 is 1.06 bits per heavy atom. The summed E-state index contributed by atoms with van der Waals surface area (Å²) in [5.74, 6) is 0.0901. The lowest BCUT2D eigenvalue weighted by molar-refractivity contribution is -0.129. The van der Waals surface area contributed by atoms with E-state index in [2.05, 4.69) is 36.9 Å². The summed E-state index contributed by atoms with van der Waals surface area (Å²) < 4.78 is 32.2. The van der Waals surface area contributed by atoms with Crippen molar-refractivity contribution in [3.63, 3.8) is 0 Å². The normalized spacial score (nSPS) is 14.2. The first-order valence-electron chi connectivity index (χ1n) is 10.0. The van der Waals surface area contributed by atoms with Gasteiger partial charge in [-0.25, -0.2) is 14.2 Å². The Morgan fingerprint density at radius 3 is 2.58 bits per heavy atom. The zero-order valence-electron chi connectivity index (χ0n) is 17.5. The van der Waals surface area contributed by atoms with E-state index >= 15 is 0 Å². The predicted octanol–water partition coefficient (Wildman–Crippen LogP) is 6.67. The molecule has 1 aliphatic heterocycles. The van der Waals surface area contributed by atoms with Crippen LogP contribution >= 0.6 is 31.9 Å². The van der Waals surface area contributed by atoms with E-state index in [4.69, 9.17) is 14.2 Å². The van der Waals surface area contributed by atoms with Crippen LogP contribution in [0.25, 0.3) is 6.08 Å². The number of hydrogen-bond acceptors (Lipinski definition) is 5. The molecule has 0 aromatic heterocycles. The molecule has 3 aromatic carbocycles. The van der Waals surface area contributed by atoms with Gasteiger partial charge in [-0.1, -0.05) is 34.1 Å². The molecular weight excluding hydrogens is 557 g/mol. The molecule has 0 N–H and O–H groups in total. The standard InChI is InChI=1S/C25H18Br2FNO4/c1-2-31-22-12-16(10-20(27)23(22)32-14-15-6-8-18(26)9-7-15)11-21-25(30)33-24(29-21)17-4-3-5-19(28)13-17/h3-13H,2,14H2,1H3/b21-11-. The topological polar surface area (TPSA) is 57.1 Å². The quantitative estimate of drug-likeness (QED) is 0.233. The number of carbonyl (C=O) groups excluding carboxylic acids is 1. The molecule has 8 heteroatoms. The van der Waals surface area contributed by atoms with Crippen molar-refractivity contribution in [2.45, 2.75) is 13.5 Å². The van der Waals surface area contributed by atoms with Gasteiger partial charge in [-0.15, -0.1) is 0 Å². The van der Waals surface area contributed by atoms with Crippen molar-refractivity contribution in [3.8, 4) is 11.5 Å². The van der Waals surface area contributed by atoms with Crippen molar-refractivity contribution in [2.75, 3.05) is 6.61 Å². The number of esters is 1. The SMILES string of the molecule is CCOc1cc(/C=C2\N=C(c3cccc(F)c3)OC2=O)cc(Br)c1OCc1ccc(Br)cc1. The van der Waals surface area contributed by atoms with Gasteiger partial charge in [0.2, 0.25) is 5.90 Å². The molecule has 1 aliphatic rings. The number of ether oxygens (including phenoxy) is 3. The summed E-state index contributed by atoms with van der Waals surface area (Å²) in [6.45, 7) is 2.67. The first-order chi connectivity index (χ1) is 15.9. The second-order valence-corrected chi connectivity index (χ2v) is 8.79. The Morgan fingerprint density at radius 2 is 1.85 bits per heavy atom. The number of benzene rings is 3. The third-order valence-corrected chi connectivity index (χ3v) is 5.74. The molecule has 168 valence electrons. The number of halogens is 3. The lowest BCUT2D eigenvalue weighted by atomic mass is 10.1. The first-order valence-corrected chi connectivity index (χ1v) is 11.6. The van der Waals surface area contributed by atoms with Gasteiger partial charge in [0.25, 0.3) is 0 Å². The van der Waals surface area contributed by atoms with Gasteiger partial charge in [0.15, 0.2) is 17.2 Å². The highest BCUT2D eigenvalue weighted by atomic mass is 79.9.